The van der Waals surface area contributed by atoms with Gasteiger partial charge >= 0.3 is 0 Å². The van der Waals surface area contributed by atoms with E-state index in [1.54, 1.807) is 0 Å². The van der Waals surface area contributed by atoms with Gasteiger partial charge in [0.1, 0.15) is 18.0 Å². The van der Waals surface area contributed by atoms with Crippen molar-refractivity contribution in [3.05, 3.63) is 23.8 Å². The van der Waals surface area contributed by atoms with Gasteiger partial charge in [0.05, 0.1) is 19.1 Å². The molecule has 5 rings (SSSR count). The molecule has 7 nitrogen and oxygen atoms in total. The van der Waals surface area contributed by atoms with Crippen LogP contribution in [0.15, 0.2) is 18.2 Å². The van der Waals surface area contributed by atoms with Gasteiger partial charge in [-0.15, -0.1) is 0 Å². The standard InChI is InChI=1S/C24H32N2O5/c27-14-21-23-19(12-17(30-21)13-22(28)26-9-2-1-3-10-26)18-11-16(7-8-20(18)31-23)25-24(29)15-5-4-6-15/h7-8,11,15,17,19,21,23,27H,1-6,9-10,12-14H2,(H,25,29)/t17-,19-,21+,23+/m1/s1. The molecule has 168 valence electrons. The van der Waals surface area contributed by atoms with Crippen LogP contribution in [-0.2, 0) is 14.3 Å². The molecule has 1 saturated carbocycles. The molecule has 3 heterocycles. The number of carbonyl (C=O) groups excluding carboxylic acids is 2. The van der Waals surface area contributed by atoms with E-state index in [1.807, 2.05) is 23.1 Å². The molecule has 0 bridgehead atoms. The van der Waals surface area contributed by atoms with E-state index in [9.17, 15) is 14.7 Å². The van der Waals surface area contributed by atoms with Gasteiger partial charge in [-0.3, -0.25) is 9.59 Å². The number of fused-ring (bicyclic) bond motifs is 3. The van der Waals surface area contributed by atoms with Gasteiger partial charge in [0.2, 0.25) is 11.8 Å². The fourth-order valence-electron chi connectivity index (χ4n) is 5.35. The van der Waals surface area contributed by atoms with Crippen LogP contribution in [0.4, 0.5) is 5.69 Å². The summed E-state index contributed by atoms with van der Waals surface area (Å²) >= 11 is 0. The van der Waals surface area contributed by atoms with E-state index in [-0.39, 0.29) is 42.5 Å². The van der Waals surface area contributed by atoms with Crippen molar-refractivity contribution < 1.29 is 24.2 Å². The van der Waals surface area contributed by atoms with E-state index in [0.717, 1.165) is 62.2 Å². The second-order valence-electron chi connectivity index (χ2n) is 9.42. The molecule has 7 heteroatoms. The number of ether oxygens (including phenoxy) is 2. The van der Waals surface area contributed by atoms with Gasteiger partial charge in [0.25, 0.3) is 0 Å². The van der Waals surface area contributed by atoms with Crippen molar-refractivity contribution in [1.82, 2.24) is 4.90 Å². The van der Waals surface area contributed by atoms with E-state index in [4.69, 9.17) is 9.47 Å². The molecule has 1 aliphatic carbocycles. The van der Waals surface area contributed by atoms with Crippen molar-refractivity contribution in [2.75, 3.05) is 25.0 Å². The average molecular weight is 429 g/mol. The predicted octanol–water partition coefficient (Wildman–Crippen LogP) is 2.82. The first kappa shape index (κ1) is 20.8. The largest absolute Gasteiger partial charge is 0.487 e. The Morgan fingerprint density at radius 2 is 1.94 bits per heavy atom. The molecular formula is C24H32N2O5. The molecule has 0 unspecified atom stereocenters. The minimum absolute atomic E-state index is 0.0422. The lowest BCUT2D eigenvalue weighted by molar-refractivity contribution is -0.149. The fraction of sp³-hybridized carbons (Fsp3) is 0.667. The van der Waals surface area contributed by atoms with Gasteiger partial charge in [-0.1, -0.05) is 6.42 Å². The van der Waals surface area contributed by atoms with Crippen molar-refractivity contribution in [2.24, 2.45) is 5.92 Å². The molecule has 2 N–H and O–H groups in total. The third-order valence-electron chi connectivity index (χ3n) is 7.35. The summed E-state index contributed by atoms with van der Waals surface area (Å²) in [6, 6.07) is 5.77. The molecule has 2 saturated heterocycles. The number of benzene rings is 1. The summed E-state index contributed by atoms with van der Waals surface area (Å²) in [6.45, 7) is 1.52. The van der Waals surface area contributed by atoms with E-state index < -0.39 is 6.10 Å². The third kappa shape index (κ3) is 4.17. The molecule has 3 aliphatic heterocycles. The van der Waals surface area contributed by atoms with E-state index >= 15 is 0 Å². The number of aliphatic hydroxyl groups excluding tert-OH is 1. The maximum atomic E-state index is 12.8. The molecule has 3 fully saturated rings. The molecular weight excluding hydrogens is 396 g/mol. The molecule has 4 aliphatic rings. The van der Waals surface area contributed by atoms with Gasteiger partial charge in [0, 0.05) is 36.2 Å². The highest BCUT2D eigenvalue weighted by molar-refractivity contribution is 5.93. The Morgan fingerprint density at radius 1 is 1.13 bits per heavy atom. The Kier molecular flexibility index (Phi) is 5.89. The van der Waals surface area contributed by atoms with Crippen LogP contribution in [0.25, 0.3) is 0 Å². The molecule has 0 aromatic heterocycles. The first-order valence-corrected chi connectivity index (χ1v) is 11.8. The van der Waals surface area contributed by atoms with Crippen LogP contribution < -0.4 is 10.1 Å². The summed E-state index contributed by atoms with van der Waals surface area (Å²) in [5.41, 5.74) is 1.82. The summed E-state index contributed by atoms with van der Waals surface area (Å²) < 4.78 is 12.2. The number of piperidine rings is 1. The number of hydrogen-bond acceptors (Lipinski definition) is 5. The lowest BCUT2D eigenvalue weighted by Crippen LogP contribution is -2.48. The van der Waals surface area contributed by atoms with Crippen LogP contribution in [-0.4, -0.2) is 59.8 Å². The Balaban J connectivity index is 1.29. The maximum absolute atomic E-state index is 12.8. The highest BCUT2D eigenvalue weighted by Gasteiger charge is 2.46. The number of anilines is 1. The lowest BCUT2D eigenvalue weighted by Gasteiger charge is -2.38. The topological polar surface area (TPSA) is 88.1 Å². The zero-order valence-corrected chi connectivity index (χ0v) is 17.9. The number of nitrogens with zero attached hydrogens (tertiary/aromatic N) is 1. The van der Waals surface area contributed by atoms with Gasteiger partial charge in [-0.2, -0.15) is 0 Å². The molecule has 1 aromatic rings. The van der Waals surface area contributed by atoms with Crippen LogP contribution in [0.1, 0.15) is 62.8 Å². The SMILES string of the molecule is O=C(Nc1ccc2c(c1)[C@H]1C[C@H](CC(=O)N3CCCCC3)O[C@@H](CO)[C@H]1O2)C1CCC1. The number of rotatable bonds is 5. The zero-order chi connectivity index (χ0) is 21.4. The highest BCUT2D eigenvalue weighted by Crippen LogP contribution is 2.47. The van der Waals surface area contributed by atoms with Crippen molar-refractivity contribution in [3.8, 4) is 5.75 Å². The molecule has 4 atom stereocenters. The van der Waals surface area contributed by atoms with Crippen LogP contribution in [0, 0.1) is 5.92 Å². The summed E-state index contributed by atoms with van der Waals surface area (Å²) in [4.78, 5) is 27.1. The van der Waals surface area contributed by atoms with E-state index in [0.29, 0.717) is 12.8 Å². The van der Waals surface area contributed by atoms with Crippen LogP contribution in [0.5, 0.6) is 5.75 Å². The smallest absolute Gasteiger partial charge is 0.227 e. The van der Waals surface area contributed by atoms with E-state index in [1.165, 1.54) is 6.42 Å². The summed E-state index contributed by atoms with van der Waals surface area (Å²) in [7, 11) is 0. The second-order valence-corrected chi connectivity index (χ2v) is 9.42. The summed E-state index contributed by atoms with van der Waals surface area (Å²) in [6.07, 6.45) is 6.43. The minimum atomic E-state index is -0.460. The molecule has 0 spiro atoms. The van der Waals surface area contributed by atoms with Crippen LogP contribution in [0.2, 0.25) is 0 Å². The third-order valence-corrected chi connectivity index (χ3v) is 7.35. The Hall–Kier alpha value is -2.12. The summed E-state index contributed by atoms with van der Waals surface area (Å²) in [5, 5.41) is 13.0. The molecule has 0 radical (unpaired) electrons. The van der Waals surface area contributed by atoms with E-state index in [2.05, 4.69) is 5.32 Å². The van der Waals surface area contributed by atoms with Gasteiger partial charge in [0.15, 0.2) is 0 Å². The minimum Gasteiger partial charge on any atom is -0.487 e. The maximum Gasteiger partial charge on any atom is 0.227 e. The summed E-state index contributed by atoms with van der Waals surface area (Å²) in [5.74, 6) is 1.18. The van der Waals surface area contributed by atoms with Gasteiger partial charge < -0.3 is 24.8 Å². The molecule has 2 amide bonds. The first-order chi connectivity index (χ1) is 15.1. The van der Waals surface area contributed by atoms with Crippen LogP contribution in [0.3, 0.4) is 0 Å². The van der Waals surface area contributed by atoms with Gasteiger partial charge in [-0.25, -0.2) is 0 Å². The van der Waals surface area contributed by atoms with Crippen molar-refractivity contribution in [2.45, 2.75) is 75.6 Å². The number of carbonyl (C=O) groups is 2. The average Bonchev–Trinajstić information content (AvgIpc) is 3.10. The predicted molar refractivity (Wildman–Crippen MR) is 115 cm³/mol. The monoisotopic (exact) mass is 428 g/mol. The van der Waals surface area contributed by atoms with Crippen molar-refractivity contribution in [3.63, 3.8) is 0 Å². The number of nitrogens with one attached hydrogen (secondary N) is 1. The normalized spacial score (nSPS) is 30.0. The highest BCUT2D eigenvalue weighted by atomic mass is 16.6. The Morgan fingerprint density at radius 3 is 2.65 bits per heavy atom. The van der Waals surface area contributed by atoms with Gasteiger partial charge in [-0.05, 0) is 56.7 Å². The second kappa shape index (κ2) is 8.79. The Labute approximate surface area is 183 Å². The number of aliphatic hydroxyl groups is 1. The molecule has 31 heavy (non-hydrogen) atoms. The lowest BCUT2D eigenvalue weighted by atomic mass is 9.83. The van der Waals surface area contributed by atoms with Crippen molar-refractivity contribution >= 4 is 17.5 Å². The zero-order valence-electron chi connectivity index (χ0n) is 17.9. The quantitative estimate of drug-likeness (QED) is 0.753. The fourth-order valence-corrected chi connectivity index (χ4v) is 5.35. The number of likely N-dealkylation sites (tertiary alicyclic amines) is 1. The first-order valence-electron chi connectivity index (χ1n) is 11.8. The van der Waals surface area contributed by atoms with Crippen molar-refractivity contribution in [1.29, 1.82) is 0 Å². The Bertz CT molecular complexity index is 833. The number of amides is 2. The molecule has 1 aromatic carbocycles. The number of hydrogen-bond donors (Lipinski definition) is 2. The van der Waals surface area contributed by atoms with Crippen LogP contribution >= 0.6 is 0 Å².